The number of carbonyl (C=O) groups is 1. The SMILES string of the molecule is CC(=O)c1cccc(NC(=S)N2CCN(c3ccc(Cl)cc3)CC2)c1. The second-order valence-electron chi connectivity index (χ2n) is 6.02. The Bertz CT molecular complexity index is 770. The molecule has 1 aliphatic heterocycles. The number of thiocarbonyl (C=S) groups is 1. The van der Waals surface area contributed by atoms with E-state index in [4.69, 9.17) is 23.8 Å². The fourth-order valence-corrected chi connectivity index (χ4v) is 3.26. The van der Waals surface area contributed by atoms with Gasteiger partial charge in [-0.2, -0.15) is 0 Å². The summed E-state index contributed by atoms with van der Waals surface area (Å²) in [6, 6.07) is 15.3. The van der Waals surface area contributed by atoms with E-state index in [0.717, 1.165) is 36.9 Å². The Morgan fingerprint density at radius 1 is 1.08 bits per heavy atom. The number of nitrogens with one attached hydrogen (secondary N) is 1. The van der Waals surface area contributed by atoms with Gasteiger partial charge in [-0.3, -0.25) is 4.79 Å². The fraction of sp³-hybridized carbons (Fsp3) is 0.263. The average Bonchev–Trinajstić information content (AvgIpc) is 2.63. The highest BCUT2D eigenvalue weighted by Gasteiger charge is 2.19. The van der Waals surface area contributed by atoms with Crippen LogP contribution in [0.3, 0.4) is 0 Å². The molecule has 1 aliphatic rings. The summed E-state index contributed by atoms with van der Waals surface area (Å²) in [7, 11) is 0. The predicted octanol–water partition coefficient (Wildman–Crippen LogP) is 4.06. The van der Waals surface area contributed by atoms with Crippen molar-refractivity contribution in [3.05, 3.63) is 59.1 Å². The van der Waals surface area contributed by atoms with Gasteiger partial charge < -0.3 is 15.1 Å². The van der Waals surface area contributed by atoms with Gasteiger partial charge in [0, 0.05) is 48.1 Å². The first kappa shape index (κ1) is 17.7. The minimum absolute atomic E-state index is 0.0474. The van der Waals surface area contributed by atoms with Gasteiger partial charge in [-0.1, -0.05) is 23.7 Å². The van der Waals surface area contributed by atoms with Gasteiger partial charge >= 0.3 is 0 Å². The Kier molecular flexibility index (Phi) is 5.56. The topological polar surface area (TPSA) is 35.6 Å². The zero-order valence-corrected chi connectivity index (χ0v) is 15.6. The molecule has 0 radical (unpaired) electrons. The fourth-order valence-electron chi connectivity index (χ4n) is 2.84. The summed E-state index contributed by atoms with van der Waals surface area (Å²) in [6.07, 6.45) is 0. The number of Topliss-reactive ketones (excluding diaryl/α,β-unsaturated/α-hetero) is 1. The maximum absolute atomic E-state index is 11.5. The number of nitrogens with zero attached hydrogens (tertiary/aromatic N) is 2. The molecule has 0 spiro atoms. The quantitative estimate of drug-likeness (QED) is 0.648. The number of anilines is 2. The molecule has 0 aromatic heterocycles. The van der Waals surface area contributed by atoms with Gasteiger partial charge in [-0.15, -0.1) is 0 Å². The third kappa shape index (κ3) is 4.50. The smallest absolute Gasteiger partial charge is 0.173 e. The molecule has 0 atom stereocenters. The number of hydrogen-bond acceptors (Lipinski definition) is 3. The molecule has 0 saturated carbocycles. The summed E-state index contributed by atoms with van der Waals surface area (Å²) in [5.74, 6) is 0.0474. The summed E-state index contributed by atoms with van der Waals surface area (Å²) in [4.78, 5) is 16.0. The Morgan fingerprint density at radius 3 is 2.40 bits per heavy atom. The normalized spacial score (nSPS) is 14.3. The number of piperazine rings is 1. The van der Waals surface area contributed by atoms with E-state index in [2.05, 4.69) is 15.1 Å². The van der Waals surface area contributed by atoms with Crippen LogP contribution in [0.5, 0.6) is 0 Å². The summed E-state index contributed by atoms with van der Waals surface area (Å²) in [5, 5.41) is 4.68. The Balaban J connectivity index is 1.57. The van der Waals surface area contributed by atoms with Gasteiger partial charge in [0.15, 0.2) is 10.9 Å². The number of rotatable bonds is 3. The lowest BCUT2D eigenvalue weighted by Gasteiger charge is -2.37. The molecule has 1 saturated heterocycles. The minimum Gasteiger partial charge on any atom is -0.368 e. The van der Waals surface area contributed by atoms with E-state index >= 15 is 0 Å². The van der Waals surface area contributed by atoms with Gasteiger partial charge in [0.05, 0.1) is 0 Å². The predicted molar refractivity (Wildman–Crippen MR) is 108 cm³/mol. The molecule has 6 heteroatoms. The van der Waals surface area contributed by atoms with Crippen LogP contribution in [0.2, 0.25) is 5.02 Å². The molecular weight excluding hydrogens is 354 g/mol. The van der Waals surface area contributed by atoms with Gasteiger partial charge in [-0.05, 0) is 55.5 Å². The maximum atomic E-state index is 11.5. The zero-order chi connectivity index (χ0) is 17.8. The molecule has 1 heterocycles. The van der Waals surface area contributed by atoms with Crippen LogP contribution in [0.25, 0.3) is 0 Å². The van der Waals surface area contributed by atoms with Crippen molar-refractivity contribution >= 4 is 46.1 Å². The van der Waals surface area contributed by atoms with Crippen LogP contribution in [0, 0.1) is 0 Å². The summed E-state index contributed by atoms with van der Waals surface area (Å²) < 4.78 is 0. The molecular formula is C19H20ClN3OS. The van der Waals surface area contributed by atoms with E-state index in [-0.39, 0.29) is 5.78 Å². The van der Waals surface area contributed by atoms with E-state index in [0.29, 0.717) is 10.7 Å². The minimum atomic E-state index is 0.0474. The van der Waals surface area contributed by atoms with Gasteiger partial charge in [0.1, 0.15) is 0 Å². The molecule has 2 aromatic rings. The highest BCUT2D eigenvalue weighted by molar-refractivity contribution is 7.80. The second-order valence-corrected chi connectivity index (χ2v) is 6.84. The van der Waals surface area contributed by atoms with Crippen LogP contribution >= 0.6 is 23.8 Å². The number of halogens is 1. The monoisotopic (exact) mass is 373 g/mol. The Labute approximate surface area is 158 Å². The molecule has 0 unspecified atom stereocenters. The summed E-state index contributed by atoms with van der Waals surface area (Å²) in [5.41, 5.74) is 2.70. The van der Waals surface area contributed by atoms with Crippen LogP contribution in [0.4, 0.5) is 11.4 Å². The highest BCUT2D eigenvalue weighted by Crippen LogP contribution is 2.20. The van der Waals surface area contributed by atoms with Gasteiger partial charge in [-0.25, -0.2) is 0 Å². The van der Waals surface area contributed by atoms with Crippen molar-refractivity contribution < 1.29 is 4.79 Å². The molecule has 0 aliphatic carbocycles. The Hall–Kier alpha value is -2.11. The number of benzene rings is 2. The lowest BCUT2D eigenvalue weighted by Crippen LogP contribution is -2.50. The molecule has 4 nitrogen and oxygen atoms in total. The van der Waals surface area contributed by atoms with E-state index in [9.17, 15) is 4.79 Å². The largest absolute Gasteiger partial charge is 0.368 e. The average molecular weight is 374 g/mol. The van der Waals surface area contributed by atoms with Gasteiger partial charge in [0.25, 0.3) is 0 Å². The lowest BCUT2D eigenvalue weighted by atomic mass is 10.1. The van der Waals surface area contributed by atoms with E-state index in [1.54, 1.807) is 13.0 Å². The van der Waals surface area contributed by atoms with Crippen molar-refractivity contribution in [2.45, 2.75) is 6.92 Å². The Morgan fingerprint density at radius 2 is 1.76 bits per heavy atom. The number of ketones is 1. The van der Waals surface area contributed by atoms with Crippen molar-refractivity contribution in [2.75, 3.05) is 36.4 Å². The van der Waals surface area contributed by atoms with Gasteiger partial charge in [0.2, 0.25) is 0 Å². The van der Waals surface area contributed by atoms with Crippen LogP contribution in [0.15, 0.2) is 48.5 Å². The molecule has 0 amide bonds. The summed E-state index contributed by atoms with van der Waals surface area (Å²) >= 11 is 11.5. The lowest BCUT2D eigenvalue weighted by molar-refractivity contribution is 0.101. The van der Waals surface area contributed by atoms with E-state index in [1.807, 2.05) is 42.5 Å². The van der Waals surface area contributed by atoms with Crippen molar-refractivity contribution in [2.24, 2.45) is 0 Å². The molecule has 1 N–H and O–H groups in total. The third-order valence-electron chi connectivity index (χ3n) is 4.28. The maximum Gasteiger partial charge on any atom is 0.173 e. The molecule has 1 fully saturated rings. The highest BCUT2D eigenvalue weighted by atomic mass is 35.5. The first-order valence-electron chi connectivity index (χ1n) is 8.20. The van der Waals surface area contributed by atoms with Crippen molar-refractivity contribution in [1.82, 2.24) is 4.90 Å². The van der Waals surface area contributed by atoms with Crippen LogP contribution < -0.4 is 10.2 Å². The third-order valence-corrected chi connectivity index (χ3v) is 4.89. The first-order chi connectivity index (χ1) is 12.0. The van der Waals surface area contributed by atoms with Crippen LogP contribution in [0.1, 0.15) is 17.3 Å². The molecule has 2 aromatic carbocycles. The van der Waals surface area contributed by atoms with Crippen molar-refractivity contribution in [1.29, 1.82) is 0 Å². The zero-order valence-electron chi connectivity index (χ0n) is 14.0. The van der Waals surface area contributed by atoms with Crippen LogP contribution in [-0.2, 0) is 0 Å². The van der Waals surface area contributed by atoms with Crippen LogP contribution in [-0.4, -0.2) is 42.0 Å². The van der Waals surface area contributed by atoms with Crippen molar-refractivity contribution in [3.8, 4) is 0 Å². The van der Waals surface area contributed by atoms with Crippen molar-refractivity contribution in [3.63, 3.8) is 0 Å². The second kappa shape index (κ2) is 7.85. The van der Waals surface area contributed by atoms with E-state index < -0.39 is 0 Å². The molecule has 3 rings (SSSR count). The molecule has 0 bridgehead atoms. The van der Waals surface area contributed by atoms with E-state index in [1.165, 1.54) is 5.69 Å². The first-order valence-corrected chi connectivity index (χ1v) is 8.99. The number of carbonyl (C=O) groups excluding carboxylic acids is 1. The number of hydrogen-bond donors (Lipinski definition) is 1. The molecule has 130 valence electrons. The standard InChI is InChI=1S/C19H20ClN3OS/c1-14(24)15-3-2-4-17(13-15)21-19(25)23-11-9-22(10-12-23)18-7-5-16(20)6-8-18/h2-8,13H,9-12H2,1H3,(H,21,25). The molecule has 25 heavy (non-hydrogen) atoms. The summed E-state index contributed by atoms with van der Waals surface area (Å²) in [6.45, 7) is 5.06.